The number of hydrogen-bond acceptors (Lipinski definition) is 3. The van der Waals surface area contributed by atoms with E-state index in [-0.39, 0.29) is 6.42 Å². The Morgan fingerprint density at radius 2 is 1.95 bits per heavy atom. The van der Waals surface area contributed by atoms with Gasteiger partial charge in [0.2, 0.25) is 0 Å². The van der Waals surface area contributed by atoms with Crippen LogP contribution >= 0.6 is 0 Å². The molecule has 4 heteroatoms. The SMILES string of the molecule is CCCOC[C@@H]1[C@H](CC=CC=CCC(=O)O)[C@@H]2CC[C@H]1O2. The molecule has 0 amide bonds. The highest BCUT2D eigenvalue weighted by Crippen LogP contribution is 2.45. The van der Waals surface area contributed by atoms with Gasteiger partial charge in [-0.3, -0.25) is 4.79 Å². The van der Waals surface area contributed by atoms with Crippen molar-refractivity contribution in [3.63, 3.8) is 0 Å². The van der Waals surface area contributed by atoms with Gasteiger partial charge in [-0.05, 0) is 31.6 Å². The first-order valence-corrected chi connectivity index (χ1v) is 7.99. The van der Waals surface area contributed by atoms with Crippen molar-refractivity contribution in [1.82, 2.24) is 0 Å². The number of ether oxygens (including phenoxy) is 2. The van der Waals surface area contributed by atoms with Crippen LogP contribution in [0.1, 0.15) is 39.0 Å². The minimum atomic E-state index is -0.797. The number of carbonyl (C=O) groups is 1. The van der Waals surface area contributed by atoms with Crippen molar-refractivity contribution in [3.05, 3.63) is 24.3 Å². The topological polar surface area (TPSA) is 55.8 Å². The van der Waals surface area contributed by atoms with Crippen LogP contribution in [0.5, 0.6) is 0 Å². The summed E-state index contributed by atoms with van der Waals surface area (Å²) in [4.78, 5) is 10.4. The standard InChI is InChI=1S/C17H26O4/c1-2-11-20-12-14-13(15-9-10-16(14)21-15)7-5-3-4-6-8-17(18)19/h3-6,13-16H,2,7-12H2,1H3,(H,18,19)/t13-,14+,15-,16+/m0/s1. The van der Waals surface area contributed by atoms with Crippen molar-refractivity contribution in [1.29, 1.82) is 0 Å². The molecule has 0 aromatic rings. The minimum Gasteiger partial charge on any atom is -0.481 e. The molecule has 2 aliphatic heterocycles. The molecule has 2 rings (SSSR count). The number of fused-ring (bicyclic) bond motifs is 2. The Morgan fingerprint density at radius 3 is 2.67 bits per heavy atom. The third kappa shape index (κ3) is 4.68. The molecule has 2 bridgehead atoms. The molecule has 0 spiro atoms. The van der Waals surface area contributed by atoms with Gasteiger partial charge in [0.15, 0.2) is 0 Å². The minimum absolute atomic E-state index is 0.0784. The molecule has 4 nitrogen and oxygen atoms in total. The number of hydrogen-bond donors (Lipinski definition) is 1. The number of carboxylic acids is 1. The van der Waals surface area contributed by atoms with Crippen molar-refractivity contribution >= 4 is 5.97 Å². The van der Waals surface area contributed by atoms with Gasteiger partial charge in [0.05, 0.1) is 25.2 Å². The maximum Gasteiger partial charge on any atom is 0.307 e. The summed E-state index contributed by atoms with van der Waals surface area (Å²) in [5, 5.41) is 8.55. The summed E-state index contributed by atoms with van der Waals surface area (Å²) in [7, 11) is 0. The average Bonchev–Trinajstić information content (AvgIpc) is 3.04. The highest BCUT2D eigenvalue weighted by Gasteiger charge is 2.47. The van der Waals surface area contributed by atoms with Gasteiger partial charge in [-0.25, -0.2) is 0 Å². The quantitative estimate of drug-likeness (QED) is 0.524. The van der Waals surface area contributed by atoms with Gasteiger partial charge in [0, 0.05) is 12.5 Å². The van der Waals surface area contributed by atoms with E-state index < -0.39 is 5.97 Å². The van der Waals surface area contributed by atoms with Crippen LogP contribution in [-0.2, 0) is 14.3 Å². The second kappa shape index (κ2) is 8.35. The zero-order valence-corrected chi connectivity index (χ0v) is 12.7. The molecule has 0 radical (unpaired) electrons. The fraction of sp³-hybridized carbons (Fsp3) is 0.706. The fourth-order valence-corrected chi connectivity index (χ4v) is 3.35. The first-order valence-electron chi connectivity index (χ1n) is 7.99. The maximum absolute atomic E-state index is 10.4. The lowest BCUT2D eigenvalue weighted by atomic mass is 9.78. The molecule has 0 aromatic heterocycles. The summed E-state index contributed by atoms with van der Waals surface area (Å²) in [5.41, 5.74) is 0. The molecular weight excluding hydrogens is 268 g/mol. The van der Waals surface area contributed by atoms with Crippen molar-refractivity contribution in [3.8, 4) is 0 Å². The van der Waals surface area contributed by atoms with Crippen LogP contribution in [0.25, 0.3) is 0 Å². The van der Waals surface area contributed by atoms with E-state index in [4.69, 9.17) is 14.6 Å². The Kier molecular flexibility index (Phi) is 6.46. The van der Waals surface area contributed by atoms with Crippen molar-refractivity contribution in [2.75, 3.05) is 13.2 Å². The normalized spacial score (nSPS) is 31.7. The molecule has 2 fully saturated rings. The Morgan fingerprint density at radius 1 is 1.24 bits per heavy atom. The van der Waals surface area contributed by atoms with E-state index in [1.807, 2.05) is 12.2 Å². The number of aliphatic carboxylic acids is 1. The molecular formula is C17H26O4. The van der Waals surface area contributed by atoms with Crippen LogP contribution in [-0.4, -0.2) is 36.5 Å². The van der Waals surface area contributed by atoms with E-state index in [0.29, 0.717) is 24.0 Å². The van der Waals surface area contributed by atoms with E-state index in [1.54, 1.807) is 6.08 Å². The first kappa shape index (κ1) is 16.2. The summed E-state index contributed by atoms with van der Waals surface area (Å²) in [6.45, 7) is 3.76. The summed E-state index contributed by atoms with van der Waals surface area (Å²) in [5.74, 6) is 0.266. The Labute approximate surface area is 126 Å². The van der Waals surface area contributed by atoms with E-state index in [1.165, 1.54) is 12.8 Å². The molecule has 0 aromatic carbocycles. The lowest BCUT2D eigenvalue weighted by Crippen LogP contribution is -2.30. The summed E-state index contributed by atoms with van der Waals surface area (Å²) < 4.78 is 11.8. The molecule has 1 N–H and O–H groups in total. The fourth-order valence-electron chi connectivity index (χ4n) is 3.35. The van der Waals surface area contributed by atoms with Gasteiger partial charge in [-0.2, -0.15) is 0 Å². The van der Waals surface area contributed by atoms with Gasteiger partial charge < -0.3 is 14.6 Å². The second-order valence-electron chi connectivity index (χ2n) is 5.88. The van der Waals surface area contributed by atoms with Crippen LogP contribution in [0, 0.1) is 11.8 Å². The summed E-state index contributed by atoms with van der Waals surface area (Å²) in [6.07, 6.45) is 12.8. The van der Waals surface area contributed by atoms with Gasteiger partial charge in [-0.15, -0.1) is 0 Å². The third-order valence-electron chi connectivity index (χ3n) is 4.33. The zero-order valence-electron chi connectivity index (χ0n) is 12.7. The van der Waals surface area contributed by atoms with Crippen molar-refractivity contribution in [2.24, 2.45) is 11.8 Å². The highest BCUT2D eigenvalue weighted by molar-refractivity contribution is 5.68. The number of allylic oxidation sites excluding steroid dienone is 3. The molecule has 118 valence electrons. The summed E-state index contributed by atoms with van der Waals surface area (Å²) in [6, 6.07) is 0. The second-order valence-corrected chi connectivity index (χ2v) is 5.88. The monoisotopic (exact) mass is 294 g/mol. The summed E-state index contributed by atoms with van der Waals surface area (Å²) >= 11 is 0. The molecule has 4 atom stereocenters. The zero-order chi connectivity index (χ0) is 15.1. The van der Waals surface area contributed by atoms with Gasteiger partial charge in [0.1, 0.15) is 0 Å². The third-order valence-corrected chi connectivity index (χ3v) is 4.33. The molecule has 2 heterocycles. The van der Waals surface area contributed by atoms with Crippen LogP contribution in [0.15, 0.2) is 24.3 Å². The van der Waals surface area contributed by atoms with Crippen LogP contribution < -0.4 is 0 Å². The van der Waals surface area contributed by atoms with Crippen LogP contribution in [0.3, 0.4) is 0 Å². The molecule has 2 aliphatic rings. The van der Waals surface area contributed by atoms with Gasteiger partial charge in [-0.1, -0.05) is 31.2 Å². The molecule has 0 aliphatic carbocycles. The first-order chi connectivity index (χ1) is 10.2. The van der Waals surface area contributed by atoms with E-state index in [9.17, 15) is 4.79 Å². The van der Waals surface area contributed by atoms with E-state index in [2.05, 4.69) is 13.0 Å². The largest absolute Gasteiger partial charge is 0.481 e. The lowest BCUT2D eigenvalue weighted by molar-refractivity contribution is -0.136. The Balaban J connectivity index is 1.78. The van der Waals surface area contributed by atoms with E-state index >= 15 is 0 Å². The molecule has 2 saturated heterocycles. The number of carboxylic acid groups (broad SMARTS) is 1. The highest BCUT2D eigenvalue weighted by atomic mass is 16.5. The molecule has 21 heavy (non-hydrogen) atoms. The van der Waals surface area contributed by atoms with E-state index in [0.717, 1.165) is 26.1 Å². The van der Waals surface area contributed by atoms with Crippen LogP contribution in [0.2, 0.25) is 0 Å². The van der Waals surface area contributed by atoms with Crippen molar-refractivity contribution in [2.45, 2.75) is 51.2 Å². The molecule has 0 saturated carbocycles. The number of rotatable bonds is 9. The predicted molar refractivity (Wildman–Crippen MR) is 81.1 cm³/mol. The predicted octanol–water partition coefficient (Wildman–Crippen LogP) is 3.18. The Bertz CT molecular complexity index is 388. The van der Waals surface area contributed by atoms with Crippen molar-refractivity contribution < 1.29 is 19.4 Å². The molecule has 0 unspecified atom stereocenters. The smallest absolute Gasteiger partial charge is 0.307 e. The van der Waals surface area contributed by atoms with Gasteiger partial charge >= 0.3 is 5.97 Å². The lowest BCUT2D eigenvalue weighted by Gasteiger charge is -2.26. The Hall–Kier alpha value is -1.13. The maximum atomic E-state index is 10.4. The van der Waals surface area contributed by atoms with Gasteiger partial charge in [0.25, 0.3) is 0 Å². The average molecular weight is 294 g/mol. The van der Waals surface area contributed by atoms with Crippen LogP contribution in [0.4, 0.5) is 0 Å².